The van der Waals surface area contributed by atoms with E-state index < -0.39 is 17.6 Å². The molecule has 6 nitrogen and oxygen atoms in total. The molecule has 0 spiro atoms. The fraction of sp³-hybridized carbons (Fsp3) is 0.750. The number of aliphatic hydroxyl groups is 1. The molecule has 0 heterocycles. The van der Waals surface area contributed by atoms with Gasteiger partial charge in [0.15, 0.2) is 0 Å². The lowest BCUT2D eigenvalue weighted by Gasteiger charge is -2.25. The number of amides is 1. The average Bonchev–Trinajstić information content (AvgIpc) is 2.16. The minimum atomic E-state index is -1.96. The summed E-state index contributed by atoms with van der Waals surface area (Å²) in [5.41, 5.74) is 3.08. The minimum absolute atomic E-state index is 0.0887. The molecule has 1 amide bonds. The zero-order valence-corrected chi connectivity index (χ0v) is 8.37. The number of nitrogens with two attached hydrogens (primary N) is 1. The van der Waals surface area contributed by atoms with Crippen molar-refractivity contribution in [2.24, 2.45) is 5.73 Å². The molecule has 0 saturated carbocycles. The van der Waals surface area contributed by atoms with Crippen LogP contribution in [0, 0.1) is 0 Å². The van der Waals surface area contributed by atoms with Crippen molar-refractivity contribution in [3.63, 3.8) is 0 Å². The van der Waals surface area contributed by atoms with Crippen LogP contribution < -0.4 is 11.1 Å². The van der Waals surface area contributed by atoms with Gasteiger partial charge >= 0.3 is 5.97 Å². The number of nitrogens with one attached hydrogen (secondary N) is 1. The highest BCUT2D eigenvalue weighted by atomic mass is 16.5. The molecule has 0 aromatic rings. The van der Waals surface area contributed by atoms with Crippen LogP contribution in [0.5, 0.6) is 0 Å². The maximum atomic E-state index is 11.1. The highest BCUT2D eigenvalue weighted by molar-refractivity contribution is 5.87. The van der Waals surface area contributed by atoms with Gasteiger partial charge in [0.1, 0.15) is 0 Å². The molecule has 0 bridgehead atoms. The summed E-state index contributed by atoms with van der Waals surface area (Å²) in [6, 6.07) is 0. The third-order valence-electron chi connectivity index (χ3n) is 1.67. The van der Waals surface area contributed by atoms with Gasteiger partial charge in [0.2, 0.25) is 11.6 Å². The molecule has 0 rings (SSSR count). The summed E-state index contributed by atoms with van der Waals surface area (Å²) >= 11 is 0. The van der Waals surface area contributed by atoms with E-state index in [2.05, 4.69) is 10.1 Å². The molecular weight excluding hydrogens is 188 g/mol. The Labute approximate surface area is 82.4 Å². The Kier molecular flexibility index (Phi) is 5.11. The first-order valence-corrected chi connectivity index (χ1v) is 4.32. The predicted octanol–water partition coefficient (Wildman–Crippen LogP) is -1.28. The van der Waals surface area contributed by atoms with Crippen LogP contribution in [0.25, 0.3) is 0 Å². The normalized spacial score (nSPS) is 14.3. The quantitative estimate of drug-likeness (QED) is 0.382. The maximum Gasteiger partial charge on any atom is 0.359 e. The average molecular weight is 204 g/mol. The first kappa shape index (κ1) is 12.9. The number of rotatable bonds is 5. The number of carbonyl (C=O) groups is 2. The number of ether oxygens (including phenoxy) is 1. The Morgan fingerprint density at radius 3 is 2.50 bits per heavy atom. The van der Waals surface area contributed by atoms with Crippen LogP contribution in [0.3, 0.4) is 0 Å². The summed E-state index contributed by atoms with van der Waals surface area (Å²) in [5, 5.41) is 11.8. The van der Waals surface area contributed by atoms with Crippen molar-refractivity contribution < 1.29 is 19.4 Å². The van der Waals surface area contributed by atoms with E-state index in [4.69, 9.17) is 5.73 Å². The third kappa shape index (κ3) is 3.31. The van der Waals surface area contributed by atoms with Crippen LogP contribution in [-0.4, -0.2) is 36.4 Å². The molecule has 0 aliphatic heterocycles. The Balaban J connectivity index is 4.54. The van der Waals surface area contributed by atoms with E-state index in [0.717, 1.165) is 7.11 Å². The highest BCUT2D eigenvalue weighted by Crippen LogP contribution is 2.10. The molecule has 0 aromatic heterocycles. The number of hydrogen-bond donors (Lipinski definition) is 3. The second kappa shape index (κ2) is 5.56. The second-order valence-electron chi connectivity index (χ2n) is 2.85. The Hall–Kier alpha value is -1.14. The van der Waals surface area contributed by atoms with Gasteiger partial charge in [-0.1, -0.05) is 13.3 Å². The third-order valence-corrected chi connectivity index (χ3v) is 1.67. The van der Waals surface area contributed by atoms with Gasteiger partial charge in [-0.15, -0.1) is 0 Å². The van der Waals surface area contributed by atoms with Gasteiger partial charge in [-0.2, -0.15) is 0 Å². The molecule has 0 fully saturated rings. The summed E-state index contributed by atoms with van der Waals surface area (Å²) in [6.45, 7) is 1.48. The van der Waals surface area contributed by atoms with E-state index in [0.29, 0.717) is 6.42 Å². The van der Waals surface area contributed by atoms with Crippen molar-refractivity contribution in [2.75, 3.05) is 13.7 Å². The molecular formula is C8H16N2O4. The van der Waals surface area contributed by atoms with Gasteiger partial charge in [0.05, 0.1) is 13.7 Å². The minimum Gasteiger partial charge on any atom is -0.465 e. The number of esters is 1. The molecule has 0 saturated heterocycles. The second-order valence-corrected chi connectivity index (χ2v) is 2.85. The maximum absolute atomic E-state index is 11.1. The van der Waals surface area contributed by atoms with E-state index >= 15 is 0 Å². The van der Waals surface area contributed by atoms with Crippen LogP contribution >= 0.6 is 0 Å². The first-order chi connectivity index (χ1) is 6.50. The highest BCUT2D eigenvalue weighted by Gasteiger charge is 2.37. The fourth-order valence-electron chi connectivity index (χ4n) is 1.03. The van der Waals surface area contributed by atoms with Crippen LogP contribution in [0.2, 0.25) is 0 Å². The number of carbonyl (C=O) groups excluding carboxylic acids is 2. The van der Waals surface area contributed by atoms with Crippen LogP contribution in [0.15, 0.2) is 0 Å². The van der Waals surface area contributed by atoms with E-state index in [9.17, 15) is 14.7 Å². The lowest BCUT2D eigenvalue weighted by atomic mass is 10.1. The van der Waals surface area contributed by atoms with E-state index in [-0.39, 0.29) is 13.0 Å². The first-order valence-electron chi connectivity index (χ1n) is 4.32. The summed E-state index contributed by atoms with van der Waals surface area (Å²) in [7, 11) is 1.14. The molecule has 4 N–H and O–H groups in total. The largest absolute Gasteiger partial charge is 0.465 e. The summed E-state index contributed by atoms with van der Waals surface area (Å²) in [6.07, 6.45) is 0.613. The molecule has 1 atom stereocenters. The summed E-state index contributed by atoms with van der Waals surface area (Å²) in [5.74, 6) is -1.49. The van der Waals surface area contributed by atoms with E-state index in [1.807, 2.05) is 0 Å². The summed E-state index contributed by atoms with van der Waals surface area (Å²) < 4.78 is 4.37. The predicted molar refractivity (Wildman–Crippen MR) is 49.1 cm³/mol. The van der Waals surface area contributed by atoms with Crippen LogP contribution in [0.4, 0.5) is 0 Å². The van der Waals surface area contributed by atoms with Crippen molar-refractivity contribution in [2.45, 2.75) is 25.5 Å². The molecule has 0 radical (unpaired) electrons. The lowest BCUT2D eigenvalue weighted by Crippen LogP contribution is -2.56. The number of hydrogen-bond acceptors (Lipinski definition) is 5. The Morgan fingerprint density at radius 2 is 2.14 bits per heavy atom. The van der Waals surface area contributed by atoms with Gasteiger partial charge in [-0.05, 0) is 0 Å². The van der Waals surface area contributed by atoms with Crippen LogP contribution in [-0.2, 0) is 14.3 Å². The van der Waals surface area contributed by atoms with Crippen molar-refractivity contribution in [3.05, 3.63) is 0 Å². The zero-order chi connectivity index (χ0) is 11.2. The zero-order valence-electron chi connectivity index (χ0n) is 8.37. The Bertz CT molecular complexity index is 219. The molecule has 14 heavy (non-hydrogen) atoms. The molecule has 6 heteroatoms. The summed E-state index contributed by atoms with van der Waals surface area (Å²) in [4.78, 5) is 22.1. The standard InChI is InChI=1S/C8H16N2O4/c1-3-4-8(13,7(12)14-2)10-6(11)5-9/h13H,3-5,9H2,1-2H3,(H,10,11). The van der Waals surface area contributed by atoms with Crippen LogP contribution in [0.1, 0.15) is 19.8 Å². The smallest absolute Gasteiger partial charge is 0.359 e. The topological polar surface area (TPSA) is 102 Å². The number of methoxy groups -OCH3 is 1. The van der Waals surface area contributed by atoms with Crippen molar-refractivity contribution in [3.8, 4) is 0 Å². The fourth-order valence-corrected chi connectivity index (χ4v) is 1.03. The van der Waals surface area contributed by atoms with Gasteiger partial charge < -0.3 is 20.9 Å². The molecule has 0 aliphatic carbocycles. The van der Waals surface area contributed by atoms with E-state index in [1.165, 1.54) is 0 Å². The molecule has 0 aromatic carbocycles. The molecule has 1 unspecified atom stereocenters. The van der Waals surface area contributed by atoms with Crippen molar-refractivity contribution in [1.82, 2.24) is 5.32 Å². The SMILES string of the molecule is CCCC(O)(NC(=O)CN)C(=O)OC. The van der Waals surface area contributed by atoms with Gasteiger partial charge in [-0.25, -0.2) is 4.79 Å². The van der Waals surface area contributed by atoms with Crippen molar-refractivity contribution in [1.29, 1.82) is 0 Å². The van der Waals surface area contributed by atoms with Crippen molar-refractivity contribution >= 4 is 11.9 Å². The van der Waals surface area contributed by atoms with Gasteiger partial charge in [0, 0.05) is 6.42 Å². The Morgan fingerprint density at radius 1 is 1.57 bits per heavy atom. The van der Waals surface area contributed by atoms with Gasteiger partial charge in [0.25, 0.3) is 0 Å². The lowest BCUT2D eigenvalue weighted by molar-refractivity contribution is -0.169. The van der Waals surface area contributed by atoms with E-state index in [1.54, 1.807) is 6.92 Å². The van der Waals surface area contributed by atoms with Gasteiger partial charge in [-0.3, -0.25) is 4.79 Å². The molecule has 82 valence electrons. The molecule has 0 aliphatic rings. The monoisotopic (exact) mass is 204 g/mol.